The number of aryl methyl sites for hydroxylation is 3. The van der Waals surface area contributed by atoms with Crippen LogP contribution >= 0.6 is 0 Å². The number of nitrogens with zero attached hydrogens (tertiary/aromatic N) is 1. The van der Waals surface area contributed by atoms with Crippen LogP contribution in [-0.2, 0) is 13.5 Å². The number of rotatable bonds is 1. The number of ether oxygens (including phenoxy) is 1. The Morgan fingerprint density at radius 3 is 2.49 bits per heavy atom. The minimum atomic E-state index is 0.217. The molecule has 0 saturated carbocycles. The van der Waals surface area contributed by atoms with Crippen molar-refractivity contribution in [2.45, 2.75) is 41.0 Å². The van der Waals surface area contributed by atoms with Crippen molar-refractivity contribution in [3.8, 4) is 22.8 Å². The lowest BCUT2D eigenvalue weighted by Crippen LogP contribution is -2.32. The molecule has 4 heterocycles. The molecular formula is C31H28NO3+. The monoisotopic (exact) mass is 462 g/mol. The van der Waals surface area contributed by atoms with Gasteiger partial charge in [0.2, 0.25) is 5.69 Å². The molecule has 7 rings (SSSR count). The van der Waals surface area contributed by atoms with Gasteiger partial charge in [0.1, 0.15) is 40.7 Å². The first-order chi connectivity index (χ1) is 16.7. The molecule has 174 valence electrons. The van der Waals surface area contributed by atoms with Crippen LogP contribution in [0.15, 0.2) is 57.7 Å². The average molecular weight is 463 g/mol. The topological polar surface area (TPSA) is 39.4 Å². The Bertz CT molecular complexity index is 1860. The first kappa shape index (κ1) is 20.6. The van der Waals surface area contributed by atoms with Crippen molar-refractivity contribution in [2.75, 3.05) is 0 Å². The van der Waals surface area contributed by atoms with Crippen molar-refractivity contribution in [3.63, 3.8) is 0 Å². The quantitative estimate of drug-likeness (QED) is 0.230. The molecule has 0 atom stereocenters. The second kappa shape index (κ2) is 6.66. The van der Waals surface area contributed by atoms with Gasteiger partial charge < -0.3 is 13.6 Å². The highest BCUT2D eigenvalue weighted by Crippen LogP contribution is 2.52. The maximum absolute atomic E-state index is 6.72. The zero-order valence-corrected chi connectivity index (χ0v) is 21.0. The van der Waals surface area contributed by atoms with E-state index in [1.54, 1.807) is 6.26 Å². The lowest BCUT2D eigenvalue weighted by Gasteiger charge is -2.22. The van der Waals surface area contributed by atoms with Gasteiger partial charge in [-0.2, -0.15) is 0 Å². The maximum Gasteiger partial charge on any atom is 0.228 e. The van der Waals surface area contributed by atoms with Gasteiger partial charge in [-0.3, -0.25) is 0 Å². The van der Waals surface area contributed by atoms with E-state index in [0.29, 0.717) is 0 Å². The summed E-state index contributed by atoms with van der Waals surface area (Å²) in [5.41, 5.74) is 8.72. The minimum Gasteiger partial charge on any atom is -0.464 e. The van der Waals surface area contributed by atoms with Gasteiger partial charge in [-0.25, -0.2) is 4.57 Å². The lowest BCUT2D eigenvalue weighted by molar-refractivity contribution is -0.659. The molecule has 1 aliphatic rings. The lowest BCUT2D eigenvalue weighted by atomic mass is 9.87. The smallest absolute Gasteiger partial charge is 0.228 e. The summed E-state index contributed by atoms with van der Waals surface area (Å²) in [6.07, 6.45) is 4.90. The van der Waals surface area contributed by atoms with Crippen LogP contribution in [0.2, 0.25) is 0 Å². The number of hydrogen-bond donors (Lipinski definition) is 0. The molecule has 4 nitrogen and oxygen atoms in total. The van der Waals surface area contributed by atoms with E-state index in [1.807, 2.05) is 6.07 Å². The van der Waals surface area contributed by atoms with Crippen molar-refractivity contribution in [2.24, 2.45) is 12.5 Å². The fourth-order valence-corrected chi connectivity index (χ4v) is 5.91. The van der Waals surface area contributed by atoms with E-state index in [-0.39, 0.29) is 5.41 Å². The Morgan fingerprint density at radius 1 is 0.857 bits per heavy atom. The number of aromatic nitrogens is 1. The molecule has 0 bridgehead atoms. The van der Waals surface area contributed by atoms with Gasteiger partial charge in [-0.05, 0) is 61.1 Å². The third-order valence-corrected chi connectivity index (χ3v) is 7.42. The van der Waals surface area contributed by atoms with E-state index in [2.05, 4.69) is 82.8 Å². The number of hydrogen-bond acceptors (Lipinski definition) is 3. The van der Waals surface area contributed by atoms with Crippen LogP contribution < -0.4 is 9.30 Å². The standard InChI is InChI=1S/C31H28NO3/c1-16-19-10-12-33-28(19)17(2)29-25(16)27-26-20(9-11-32(27)6)30-22(14-24(26)35-29)21-13-18(15-31(3,4)5)7-8-23(21)34-30/h7-14H,15H2,1-6H3/q+1. The molecule has 0 saturated heterocycles. The van der Waals surface area contributed by atoms with Crippen molar-refractivity contribution >= 4 is 43.7 Å². The number of pyridine rings is 1. The van der Waals surface area contributed by atoms with E-state index in [9.17, 15) is 0 Å². The first-order valence-electron chi connectivity index (χ1n) is 12.2. The molecular weight excluding hydrogens is 434 g/mol. The molecule has 0 radical (unpaired) electrons. The number of fused-ring (bicyclic) bond motifs is 7. The predicted octanol–water partition coefficient (Wildman–Crippen LogP) is 8.29. The fourth-order valence-electron chi connectivity index (χ4n) is 5.91. The Balaban J connectivity index is 1.59. The SMILES string of the molecule is Cc1c2c(c(C)c3occc13)Oc1cc3c4cc(CC(C)(C)C)ccc4oc3c3cc[n+](C)c-2c13. The first-order valence-corrected chi connectivity index (χ1v) is 12.2. The summed E-state index contributed by atoms with van der Waals surface area (Å²) in [4.78, 5) is 0. The third-order valence-electron chi connectivity index (χ3n) is 7.42. The molecule has 4 heteroatoms. The second-order valence-corrected chi connectivity index (χ2v) is 11.2. The van der Waals surface area contributed by atoms with Crippen molar-refractivity contribution in [3.05, 3.63) is 65.5 Å². The van der Waals surface area contributed by atoms with Crippen LogP contribution in [0.3, 0.4) is 0 Å². The summed E-state index contributed by atoms with van der Waals surface area (Å²) in [7, 11) is 2.10. The van der Waals surface area contributed by atoms with Crippen molar-refractivity contribution in [1.29, 1.82) is 0 Å². The van der Waals surface area contributed by atoms with Gasteiger partial charge in [0, 0.05) is 33.2 Å². The van der Waals surface area contributed by atoms with Gasteiger partial charge in [0.15, 0.2) is 6.20 Å². The Labute approximate surface area is 203 Å². The third kappa shape index (κ3) is 2.77. The molecule has 0 unspecified atom stereocenters. The predicted molar refractivity (Wildman–Crippen MR) is 140 cm³/mol. The number of furan rings is 2. The minimum absolute atomic E-state index is 0.217. The highest BCUT2D eigenvalue weighted by atomic mass is 16.5. The summed E-state index contributed by atoms with van der Waals surface area (Å²) in [6, 6.07) is 13.0. The Hall–Kier alpha value is -3.79. The molecule has 1 aliphatic heterocycles. The molecule has 0 spiro atoms. The largest absolute Gasteiger partial charge is 0.464 e. The Kier molecular flexibility index (Phi) is 3.91. The van der Waals surface area contributed by atoms with E-state index in [1.165, 1.54) is 11.1 Å². The van der Waals surface area contributed by atoms with Gasteiger partial charge >= 0.3 is 0 Å². The molecule has 0 N–H and O–H groups in total. The van der Waals surface area contributed by atoms with Gasteiger partial charge in [0.05, 0.1) is 11.8 Å². The summed E-state index contributed by atoms with van der Waals surface area (Å²) >= 11 is 0. The zero-order chi connectivity index (χ0) is 24.2. The number of benzene rings is 3. The van der Waals surface area contributed by atoms with Crippen LogP contribution in [0.25, 0.3) is 54.9 Å². The van der Waals surface area contributed by atoms with Gasteiger partial charge in [0.25, 0.3) is 0 Å². The molecule has 3 aromatic carbocycles. The van der Waals surface area contributed by atoms with Crippen LogP contribution in [0.5, 0.6) is 11.5 Å². The summed E-state index contributed by atoms with van der Waals surface area (Å²) in [5.74, 6) is 1.74. The highest BCUT2D eigenvalue weighted by Gasteiger charge is 2.34. The summed E-state index contributed by atoms with van der Waals surface area (Å²) < 4.78 is 21.3. The second-order valence-electron chi connectivity index (χ2n) is 11.2. The fraction of sp³-hybridized carbons (Fsp3) is 0.258. The van der Waals surface area contributed by atoms with E-state index < -0.39 is 0 Å². The van der Waals surface area contributed by atoms with Crippen LogP contribution in [0.4, 0.5) is 0 Å². The normalized spacial score (nSPS) is 13.2. The summed E-state index contributed by atoms with van der Waals surface area (Å²) in [6.45, 7) is 11.1. The zero-order valence-electron chi connectivity index (χ0n) is 21.0. The molecule has 0 aliphatic carbocycles. The van der Waals surface area contributed by atoms with Crippen LogP contribution in [-0.4, -0.2) is 0 Å². The van der Waals surface area contributed by atoms with Gasteiger partial charge in [-0.1, -0.05) is 26.8 Å². The van der Waals surface area contributed by atoms with Crippen LogP contribution in [0.1, 0.15) is 37.5 Å². The molecule has 0 fully saturated rings. The Morgan fingerprint density at radius 2 is 1.69 bits per heavy atom. The average Bonchev–Trinajstić information content (AvgIpc) is 3.43. The van der Waals surface area contributed by atoms with Gasteiger partial charge in [-0.15, -0.1) is 0 Å². The van der Waals surface area contributed by atoms with E-state index in [4.69, 9.17) is 13.6 Å². The molecule has 3 aromatic heterocycles. The van der Waals surface area contributed by atoms with Crippen molar-refractivity contribution in [1.82, 2.24) is 0 Å². The molecule has 6 aromatic rings. The van der Waals surface area contributed by atoms with Crippen molar-refractivity contribution < 1.29 is 18.1 Å². The van der Waals surface area contributed by atoms with E-state index >= 15 is 0 Å². The summed E-state index contributed by atoms with van der Waals surface area (Å²) in [5, 5.41) is 5.53. The van der Waals surface area contributed by atoms with Crippen LogP contribution in [0, 0.1) is 19.3 Å². The highest BCUT2D eigenvalue weighted by molar-refractivity contribution is 6.20. The molecule has 0 amide bonds. The maximum atomic E-state index is 6.72. The molecule has 35 heavy (non-hydrogen) atoms. The van der Waals surface area contributed by atoms with E-state index in [0.717, 1.165) is 78.4 Å².